The van der Waals surface area contributed by atoms with Crippen molar-refractivity contribution in [2.24, 2.45) is 5.92 Å². The molecule has 0 spiro atoms. The van der Waals surface area contributed by atoms with Crippen LogP contribution in [0, 0.1) is 5.92 Å². The Morgan fingerprint density at radius 1 is 1.03 bits per heavy atom. The molecule has 1 heterocycles. The molecule has 0 unspecified atom stereocenters. The Balaban J connectivity index is 1.69. The minimum atomic E-state index is -0.00139. The monoisotopic (exact) mass is 410 g/mol. The van der Waals surface area contributed by atoms with Gasteiger partial charge in [-0.15, -0.1) is 0 Å². The number of carbonyl (C=O) groups excluding carboxylic acids is 1. The number of hydrogen-bond acceptors (Lipinski definition) is 4. The van der Waals surface area contributed by atoms with E-state index in [9.17, 15) is 9.90 Å². The van der Waals surface area contributed by atoms with Gasteiger partial charge in [-0.2, -0.15) is 0 Å². The maximum atomic E-state index is 13.2. The molecule has 162 valence electrons. The molecule has 2 aromatic rings. The van der Waals surface area contributed by atoms with Crippen molar-refractivity contribution < 1.29 is 14.6 Å². The van der Waals surface area contributed by atoms with Gasteiger partial charge in [0.05, 0.1) is 6.54 Å². The molecule has 1 N–H and O–H groups in total. The van der Waals surface area contributed by atoms with Gasteiger partial charge in [0, 0.05) is 18.2 Å². The van der Waals surface area contributed by atoms with E-state index in [0.29, 0.717) is 13.2 Å². The Kier molecular flexibility index (Phi) is 8.14. The molecular weight excluding hydrogens is 376 g/mol. The van der Waals surface area contributed by atoms with Crippen molar-refractivity contribution in [3.8, 4) is 11.5 Å². The first-order chi connectivity index (χ1) is 14.6. The van der Waals surface area contributed by atoms with Gasteiger partial charge in [-0.1, -0.05) is 26.0 Å². The number of benzene rings is 2. The number of phenolic OH excluding ortho intramolecular Hbond substituents is 1. The third kappa shape index (κ3) is 5.99. The maximum Gasteiger partial charge on any atom is 0.230 e. The Labute approximate surface area is 180 Å². The average Bonchev–Trinajstić information content (AvgIpc) is 3.28. The van der Waals surface area contributed by atoms with Gasteiger partial charge in [-0.25, -0.2) is 0 Å². The highest BCUT2D eigenvalue weighted by atomic mass is 16.5. The largest absolute Gasteiger partial charge is 0.508 e. The first-order valence-corrected chi connectivity index (χ1v) is 11.1. The fraction of sp³-hybridized carbons (Fsp3) is 0.480. The predicted molar refractivity (Wildman–Crippen MR) is 121 cm³/mol. The van der Waals surface area contributed by atoms with Crippen molar-refractivity contribution in [1.82, 2.24) is 4.90 Å². The summed E-state index contributed by atoms with van der Waals surface area (Å²) in [4.78, 5) is 17.5. The highest BCUT2D eigenvalue weighted by Crippen LogP contribution is 2.25. The number of rotatable bonds is 10. The van der Waals surface area contributed by atoms with Crippen LogP contribution in [0.1, 0.15) is 45.1 Å². The second kappa shape index (κ2) is 11.0. The normalized spacial score (nSPS) is 14.2. The van der Waals surface area contributed by atoms with Gasteiger partial charge in [-0.05, 0) is 80.7 Å². The van der Waals surface area contributed by atoms with Crippen LogP contribution in [-0.2, 0) is 11.3 Å². The Morgan fingerprint density at radius 2 is 1.67 bits per heavy atom. The molecule has 1 amide bonds. The number of phenols is 1. The molecule has 30 heavy (non-hydrogen) atoms. The summed E-state index contributed by atoms with van der Waals surface area (Å²) in [6, 6.07) is 14.9. The molecule has 5 nitrogen and oxygen atoms in total. The topological polar surface area (TPSA) is 53.0 Å². The van der Waals surface area contributed by atoms with Crippen molar-refractivity contribution in [3.63, 3.8) is 0 Å². The molecule has 2 aromatic carbocycles. The average molecular weight is 411 g/mol. The summed E-state index contributed by atoms with van der Waals surface area (Å²) >= 11 is 0. The molecule has 0 radical (unpaired) electrons. The third-order valence-electron chi connectivity index (χ3n) is 5.90. The van der Waals surface area contributed by atoms with Crippen LogP contribution in [-0.4, -0.2) is 42.2 Å². The first kappa shape index (κ1) is 22.2. The number of carbonyl (C=O) groups is 1. The zero-order valence-electron chi connectivity index (χ0n) is 18.2. The van der Waals surface area contributed by atoms with Crippen LogP contribution >= 0.6 is 0 Å². The van der Waals surface area contributed by atoms with Crippen LogP contribution in [0.15, 0.2) is 48.5 Å². The number of hydrogen-bond donors (Lipinski definition) is 1. The zero-order chi connectivity index (χ0) is 21.3. The second-order valence-corrected chi connectivity index (χ2v) is 8.00. The minimum absolute atomic E-state index is 0.00139. The summed E-state index contributed by atoms with van der Waals surface area (Å²) < 4.78 is 5.91. The lowest BCUT2D eigenvalue weighted by atomic mass is 10.0. The van der Waals surface area contributed by atoms with Crippen molar-refractivity contribution in [2.45, 2.75) is 46.1 Å². The van der Waals surface area contributed by atoms with E-state index in [0.717, 1.165) is 36.4 Å². The fourth-order valence-corrected chi connectivity index (χ4v) is 3.96. The number of aromatic hydroxyl groups is 1. The highest BCUT2D eigenvalue weighted by molar-refractivity contribution is 5.95. The zero-order valence-corrected chi connectivity index (χ0v) is 18.2. The van der Waals surface area contributed by atoms with Crippen molar-refractivity contribution >= 4 is 11.6 Å². The van der Waals surface area contributed by atoms with Crippen LogP contribution in [0.2, 0.25) is 0 Å². The summed E-state index contributed by atoms with van der Waals surface area (Å²) in [5, 5.41) is 9.55. The third-order valence-corrected chi connectivity index (χ3v) is 5.90. The summed E-state index contributed by atoms with van der Waals surface area (Å²) in [5.74, 6) is 1.19. The van der Waals surface area contributed by atoms with Crippen LogP contribution in [0.4, 0.5) is 5.69 Å². The van der Waals surface area contributed by atoms with Gasteiger partial charge in [0.25, 0.3) is 0 Å². The maximum absolute atomic E-state index is 13.2. The van der Waals surface area contributed by atoms with Crippen molar-refractivity contribution in [3.05, 3.63) is 54.1 Å². The molecule has 0 saturated carbocycles. The number of likely N-dealkylation sites (tertiary alicyclic amines) is 1. The van der Waals surface area contributed by atoms with E-state index in [1.807, 2.05) is 41.3 Å². The van der Waals surface area contributed by atoms with Crippen LogP contribution in [0.25, 0.3) is 0 Å². The van der Waals surface area contributed by atoms with E-state index in [1.165, 1.54) is 25.9 Å². The van der Waals surface area contributed by atoms with E-state index in [2.05, 4.69) is 18.7 Å². The molecule has 1 fully saturated rings. The standard InChI is InChI=1S/C25H34N2O3/c1-3-21(4-2)25(29)27(19-20-7-11-23(28)12-8-20)22-9-13-24(14-10-22)30-18-17-26-15-5-6-16-26/h7-14,21,28H,3-6,15-19H2,1-2H3. The number of ether oxygens (including phenoxy) is 1. The molecule has 1 saturated heterocycles. The van der Waals surface area contributed by atoms with Crippen molar-refractivity contribution in [1.29, 1.82) is 0 Å². The quantitative estimate of drug-likeness (QED) is 0.609. The SMILES string of the molecule is CCC(CC)C(=O)N(Cc1ccc(O)cc1)c1ccc(OCCN2CCCC2)cc1. The first-order valence-electron chi connectivity index (χ1n) is 11.1. The number of amides is 1. The molecule has 1 aliphatic heterocycles. The van der Waals surface area contributed by atoms with Gasteiger partial charge >= 0.3 is 0 Å². The van der Waals surface area contributed by atoms with Crippen molar-refractivity contribution in [2.75, 3.05) is 31.1 Å². The Bertz CT molecular complexity index is 779. The second-order valence-electron chi connectivity index (χ2n) is 8.00. The fourth-order valence-electron chi connectivity index (χ4n) is 3.96. The van der Waals surface area contributed by atoms with E-state index in [1.54, 1.807) is 12.1 Å². The van der Waals surface area contributed by atoms with Gasteiger partial charge < -0.3 is 14.7 Å². The molecule has 0 atom stereocenters. The van der Waals surface area contributed by atoms with E-state index in [-0.39, 0.29) is 17.6 Å². The van der Waals surface area contributed by atoms with E-state index in [4.69, 9.17) is 4.74 Å². The lowest BCUT2D eigenvalue weighted by Gasteiger charge is -2.27. The molecular formula is C25H34N2O3. The summed E-state index contributed by atoms with van der Waals surface area (Å²) in [6.45, 7) is 8.58. The van der Waals surface area contributed by atoms with Crippen LogP contribution < -0.4 is 9.64 Å². The van der Waals surface area contributed by atoms with Crippen LogP contribution in [0.3, 0.4) is 0 Å². The van der Waals surface area contributed by atoms with E-state index < -0.39 is 0 Å². The summed E-state index contributed by atoms with van der Waals surface area (Å²) in [6.07, 6.45) is 4.21. The molecule has 0 bridgehead atoms. The van der Waals surface area contributed by atoms with Crippen LogP contribution in [0.5, 0.6) is 11.5 Å². The van der Waals surface area contributed by atoms with E-state index >= 15 is 0 Å². The Hall–Kier alpha value is -2.53. The molecule has 5 heteroatoms. The summed E-state index contributed by atoms with van der Waals surface area (Å²) in [7, 11) is 0. The lowest BCUT2D eigenvalue weighted by molar-refractivity contribution is -0.122. The van der Waals surface area contributed by atoms with Gasteiger partial charge in [0.15, 0.2) is 0 Å². The molecule has 0 aliphatic carbocycles. The Morgan fingerprint density at radius 3 is 2.27 bits per heavy atom. The molecule has 1 aliphatic rings. The summed E-state index contributed by atoms with van der Waals surface area (Å²) in [5.41, 5.74) is 1.85. The highest BCUT2D eigenvalue weighted by Gasteiger charge is 2.23. The number of nitrogens with zero attached hydrogens (tertiary/aromatic N) is 2. The number of anilines is 1. The molecule has 3 rings (SSSR count). The minimum Gasteiger partial charge on any atom is -0.508 e. The lowest BCUT2D eigenvalue weighted by Crippen LogP contribution is -2.35. The van der Waals surface area contributed by atoms with Gasteiger partial charge in [0.2, 0.25) is 5.91 Å². The predicted octanol–water partition coefficient (Wildman–Crippen LogP) is 4.84. The molecule has 0 aromatic heterocycles. The van der Waals surface area contributed by atoms with Gasteiger partial charge in [-0.3, -0.25) is 9.69 Å². The van der Waals surface area contributed by atoms with Gasteiger partial charge in [0.1, 0.15) is 18.1 Å². The smallest absolute Gasteiger partial charge is 0.230 e.